The van der Waals surface area contributed by atoms with Crippen molar-refractivity contribution in [3.63, 3.8) is 0 Å². The highest BCUT2D eigenvalue weighted by atomic mass is 35.5. The van der Waals surface area contributed by atoms with Gasteiger partial charge in [0, 0.05) is 25.7 Å². The SMILES string of the molecule is Cl.N#Cc1cccc([C@@H]2CNCCN2)c1. The largest absolute Gasteiger partial charge is 0.314 e. The first-order chi connectivity index (χ1) is 6.90. The molecule has 0 aromatic heterocycles. The van der Waals surface area contributed by atoms with Gasteiger partial charge in [-0.2, -0.15) is 5.26 Å². The molecule has 3 nitrogen and oxygen atoms in total. The summed E-state index contributed by atoms with van der Waals surface area (Å²) < 4.78 is 0. The normalized spacial score (nSPS) is 20.1. The molecule has 1 heterocycles. The van der Waals surface area contributed by atoms with E-state index in [1.54, 1.807) is 0 Å². The van der Waals surface area contributed by atoms with Crippen molar-refractivity contribution in [3.05, 3.63) is 35.4 Å². The van der Waals surface area contributed by atoms with Crippen LogP contribution in [0.4, 0.5) is 0 Å². The number of nitrogens with one attached hydrogen (secondary N) is 2. The van der Waals surface area contributed by atoms with Gasteiger partial charge in [-0.25, -0.2) is 0 Å². The van der Waals surface area contributed by atoms with Crippen molar-refractivity contribution in [2.45, 2.75) is 6.04 Å². The minimum Gasteiger partial charge on any atom is -0.314 e. The highest BCUT2D eigenvalue weighted by Crippen LogP contribution is 2.14. The predicted octanol–water partition coefficient (Wildman–Crippen LogP) is 1.21. The third-order valence-corrected chi connectivity index (χ3v) is 2.46. The van der Waals surface area contributed by atoms with Gasteiger partial charge in [0.25, 0.3) is 0 Å². The molecule has 2 rings (SSSR count). The Morgan fingerprint density at radius 3 is 2.87 bits per heavy atom. The van der Waals surface area contributed by atoms with E-state index in [1.165, 1.54) is 5.56 Å². The predicted molar refractivity (Wildman–Crippen MR) is 62.0 cm³/mol. The van der Waals surface area contributed by atoms with Crippen molar-refractivity contribution >= 4 is 12.4 Å². The summed E-state index contributed by atoms with van der Waals surface area (Å²) in [5, 5.41) is 15.5. The van der Waals surface area contributed by atoms with Crippen LogP contribution in [0.2, 0.25) is 0 Å². The van der Waals surface area contributed by atoms with Crippen LogP contribution in [-0.2, 0) is 0 Å². The maximum absolute atomic E-state index is 8.77. The summed E-state index contributed by atoms with van der Waals surface area (Å²) in [4.78, 5) is 0. The zero-order valence-corrected chi connectivity index (χ0v) is 9.18. The number of hydrogen-bond donors (Lipinski definition) is 2. The highest BCUT2D eigenvalue weighted by Gasteiger charge is 2.13. The minimum atomic E-state index is 0. The lowest BCUT2D eigenvalue weighted by atomic mass is 10.0. The first kappa shape index (κ1) is 12.0. The van der Waals surface area contributed by atoms with Crippen LogP contribution < -0.4 is 10.6 Å². The zero-order chi connectivity index (χ0) is 9.80. The second-order valence-electron chi connectivity index (χ2n) is 3.45. The first-order valence-corrected chi connectivity index (χ1v) is 4.84. The molecule has 1 aromatic rings. The van der Waals surface area contributed by atoms with E-state index in [-0.39, 0.29) is 12.4 Å². The molecule has 1 aromatic carbocycles. The van der Waals surface area contributed by atoms with Gasteiger partial charge in [-0.1, -0.05) is 12.1 Å². The van der Waals surface area contributed by atoms with Crippen LogP contribution in [0.5, 0.6) is 0 Å². The molecule has 0 unspecified atom stereocenters. The maximum Gasteiger partial charge on any atom is 0.0991 e. The fourth-order valence-electron chi connectivity index (χ4n) is 1.71. The fourth-order valence-corrected chi connectivity index (χ4v) is 1.71. The average Bonchev–Trinajstić information content (AvgIpc) is 2.30. The van der Waals surface area contributed by atoms with Crippen LogP contribution >= 0.6 is 12.4 Å². The summed E-state index contributed by atoms with van der Waals surface area (Å²) >= 11 is 0. The van der Waals surface area contributed by atoms with Crippen LogP contribution in [0.25, 0.3) is 0 Å². The van der Waals surface area contributed by atoms with Crippen molar-refractivity contribution in [3.8, 4) is 6.07 Å². The van der Waals surface area contributed by atoms with Crippen molar-refractivity contribution in [1.29, 1.82) is 5.26 Å². The van der Waals surface area contributed by atoms with Crippen molar-refractivity contribution in [2.75, 3.05) is 19.6 Å². The number of nitrogens with zero attached hydrogens (tertiary/aromatic N) is 1. The van der Waals surface area contributed by atoms with Gasteiger partial charge in [0.1, 0.15) is 0 Å². The monoisotopic (exact) mass is 223 g/mol. The maximum atomic E-state index is 8.77. The highest BCUT2D eigenvalue weighted by molar-refractivity contribution is 5.85. The van der Waals surface area contributed by atoms with E-state index in [0.29, 0.717) is 6.04 Å². The van der Waals surface area contributed by atoms with Gasteiger partial charge >= 0.3 is 0 Å². The number of piperazine rings is 1. The Hall–Kier alpha value is -1.08. The average molecular weight is 224 g/mol. The summed E-state index contributed by atoms with van der Waals surface area (Å²) in [6, 6.07) is 10.3. The zero-order valence-electron chi connectivity index (χ0n) is 8.36. The topological polar surface area (TPSA) is 47.9 Å². The van der Waals surface area contributed by atoms with E-state index < -0.39 is 0 Å². The second-order valence-corrected chi connectivity index (χ2v) is 3.45. The van der Waals surface area contributed by atoms with E-state index in [4.69, 9.17) is 5.26 Å². The molecule has 1 saturated heterocycles. The Balaban J connectivity index is 0.00000112. The summed E-state index contributed by atoms with van der Waals surface area (Å²) in [6.07, 6.45) is 0. The molecule has 1 aliphatic heterocycles. The van der Waals surface area contributed by atoms with Gasteiger partial charge < -0.3 is 10.6 Å². The molecular weight excluding hydrogens is 210 g/mol. The minimum absolute atomic E-state index is 0. The third-order valence-electron chi connectivity index (χ3n) is 2.46. The van der Waals surface area contributed by atoms with E-state index in [0.717, 1.165) is 25.2 Å². The molecule has 4 heteroatoms. The molecule has 0 spiro atoms. The van der Waals surface area contributed by atoms with Gasteiger partial charge in [-0.3, -0.25) is 0 Å². The van der Waals surface area contributed by atoms with Crippen LogP contribution in [0, 0.1) is 11.3 Å². The van der Waals surface area contributed by atoms with Crippen LogP contribution in [0.1, 0.15) is 17.2 Å². The molecule has 0 radical (unpaired) electrons. The fraction of sp³-hybridized carbons (Fsp3) is 0.364. The first-order valence-electron chi connectivity index (χ1n) is 4.84. The quantitative estimate of drug-likeness (QED) is 0.753. The molecule has 15 heavy (non-hydrogen) atoms. The number of benzene rings is 1. The summed E-state index contributed by atoms with van der Waals surface area (Å²) in [5.74, 6) is 0. The molecule has 2 N–H and O–H groups in total. The van der Waals surface area contributed by atoms with E-state index in [9.17, 15) is 0 Å². The molecule has 0 aliphatic carbocycles. The molecule has 80 valence electrons. The number of rotatable bonds is 1. The molecule has 0 amide bonds. The molecule has 1 atom stereocenters. The Morgan fingerprint density at radius 2 is 2.20 bits per heavy atom. The van der Waals surface area contributed by atoms with E-state index in [2.05, 4.69) is 22.8 Å². The Kier molecular flexibility index (Phi) is 4.57. The lowest BCUT2D eigenvalue weighted by molar-refractivity contribution is 0.430. The Bertz CT molecular complexity index is 353. The van der Waals surface area contributed by atoms with Gasteiger partial charge in [0.2, 0.25) is 0 Å². The lowest BCUT2D eigenvalue weighted by Gasteiger charge is -2.24. The number of hydrogen-bond acceptors (Lipinski definition) is 3. The Morgan fingerprint density at radius 1 is 1.33 bits per heavy atom. The molecular formula is C11H14ClN3. The van der Waals surface area contributed by atoms with Crippen LogP contribution in [0.15, 0.2) is 24.3 Å². The molecule has 0 bridgehead atoms. The van der Waals surface area contributed by atoms with Gasteiger partial charge in [0.05, 0.1) is 11.6 Å². The standard InChI is InChI=1S/C11H13N3.ClH/c12-7-9-2-1-3-10(6-9)11-8-13-4-5-14-11;/h1-3,6,11,13-14H,4-5,8H2;1H/t11-;/m0./s1. The second kappa shape index (κ2) is 5.72. The summed E-state index contributed by atoms with van der Waals surface area (Å²) in [6.45, 7) is 2.95. The van der Waals surface area contributed by atoms with Crippen molar-refractivity contribution in [2.24, 2.45) is 0 Å². The van der Waals surface area contributed by atoms with Gasteiger partial charge in [0.15, 0.2) is 0 Å². The molecule has 1 fully saturated rings. The smallest absolute Gasteiger partial charge is 0.0991 e. The lowest BCUT2D eigenvalue weighted by Crippen LogP contribution is -2.42. The van der Waals surface area contributed by atoms with Crippen molar-refractivity contribution in [1.82, 2.24) is 10.6 Å². The Labute approximate surface area is 95.9 Å². The van der Waals surface area contributed by atoms with Crippen LogP contribution in [-0.4, -0.2) is 19.6 Å². The van der Waals surface area contributed by atoms with E-state index >= 15 is 0 Å². The molecule has 1 aliphatic rings. The van der Waals surface area contributed by atoms with Gasteiger partial charge in [-0.15, -0.1) is 12.4 Å². The van der Waals surface area contributed by atoms with Crippen LogP contribution in [0.3, 0.4) is 0 Å². The van der Waals surface area contributed by atoms with E-state index in [1.807, 2.05) is 18.2 Å². The summed E-state index contributed by atoms with van der Waals surface area (Å²) in [5.41, 5.74) is 1.92. The number of nitriles is 1. The third kappa shape index (κ3) is 2.93. The van der Waals surface area contributed by atoms with Crippen molar-refractivity contribution < 1.29 is 0 Å². The summed E-state index contributed by atoms with van der Waals surface area (Å²) in [7, 11) is 0. The molecule has 0 saturated carbocycles. The number of halogens is 1. The van der Waals surface area contributed by atoms with Gasteiger partial charge in [-0.05, 0) is 17.7 Å².